The van der Waals surface area contributed by atoms with Crippen LogP contribution in [0.4, 0.5) is 4.79 Å². The Labute approximate surface area is 179 Å². The molecule has 2 aliphatic heterocycles. The second-order valence-electron chi connectivity index (χ2n) is 8.16. The summed E-state index contributed by atoms with van der Waals surface area (Å²) in [5.41, 5.74) is -0.474. The molecular weight excluding hydrogens is 461 g/mol. The molecule has 27 heavy (non-hydrogen) atoms. The number of carbonyl (C=O) groups excluding carboxylic acids is 2. The number of halogens is 1. The molecule has 8 nitrogen and oxygen atoms in total. The van der Waals surface area contributed by atoms with Gasteiger partial charge in [0.25, 0.3) is 0 Å². The number of hydrogen-bond acceptors (Lipinski definition) is 6. The minimum Gasteiger partial charge on any atom is -0.444 e. The molecule has 2 amide bonds. The summed E-state index contributed by atoms with van der Waals surface area (Å²) in [5, 5.41) is 6.27. The maximum absolute atomic E-state index is 12.2. The Morgan fingerprint density at radius 1 is 1.26 bits per heavy atom. The molecule has 1 atom stereocenters. The van der Waals surface area contributed by atoms with Crippen LogP contribution >= 0.6 is 24.0 Å². The van der Waals surface area contributed by atoms with Crippen LogP contribution in [0.2, 0.25) is 0 Å². The molecule has 0 saturated carbocycles. The van der Waals surface area contributed by atoms with Gasteiger partial charge >= 0.3 is 6.09 Å². The molecule has 0 aromatic heterocycles. The zero-order valence-electron chi connectivity index (χ0n) is 17.1. The molecule has 0 spiro atoms. The lowest BCUT2D eigenvalue weighted by Crippen LogP contribution is -2.57. The lowest BCUT2D eigenvalue weighted by Gasteiger charge is -2.39. The first-order valence-corrected chi connectivity index (χ1v) is 9.48. The highest BCUT2D eigenvalue weighted by atomic mass is 127. The summed E-state index contributed by atoms with van der Waals surface area (Å²) in [6.07, 6.45) is 0.597. The highest BCUT2D eigenvalue weighted by Crippen LogP contribution is 2.18. The number of ether oxygens (including phenoxy) is 1. The molecule has 2 N–H and O–H groups in total. The van der Waals surface area contributed by atoms with E-state index >= 15 is 0 Å². The van der Waals surface area contributed by atoms with Gasteiger partial charge in [0.2, 0.25) is 5.91 Å². The summed E-state index contributed by atoms with van der Waals surface area (Å²) in [5.74, 6) is 1.000. The first kappa shape index (κ1) is 23.8. The SMILES string of the molecule is CC(C)C(=O)NCCCNC1=NCC2CN(C(=O)OC(C)(C)C)CCN12.I. The first-order valence-electron chi connectivity index (χ1n) is 9.48. The Kier molecular flexibility index (Phi) is 9.10. The van der Waals surface area contributed by atoms with E-state index in [0.717, 1.165) is 25.5 Å². The van der Waals surface area contributed by atoms with Crippen LogP contribution in [0.1, 0.15) is 41.0 Å². The number of nitrogens with one attached hydrogen (secondary N) is 2. The normalized spacial score (nSPS) is 19.2. The number of guanidine groups is 1. The van der Waals surface area contributed by atoms with Gasteiger partial charge in [0.1, 0.15) is 5.60 Å². The maximum Gasteiger partial charge on any atom is 0.410 e. The summed E-state index contributed by atoms with van der Waals surface area (Å²) >= 11 is 0. The van der Waals surface area contributed by atoms with Gasteiger partial charge in [0.15, 0.2) is 5.96 Å². The van der Waals surface area contributed by atoms with Crippen LogP contribution in [0.5, 0.6) is 0 Å². The van der Waals surface area contributed by atoms with Gasteiger partial charge < -0.3 is 25.2 Å². The summed E-state index contributed by atoms with van der Waals surface area (Å²) in [4.78, 5) is 32.3. The van der Waals surface area contributed by atoms with Crippen molar-refractivity contribution in [2.75, 3.05) is 39.3 Å². The van der Waals surface area contributed by atoms with Crippen molar-refractivity contribution in [3.63, 3.8) is 0 Å². The molecule has 0 radical (unpaired) electrons. The third-order valence-electron chi connectivity index (χ3n) is 4.32. The summed E-state index contributed by atoms with van der Waals surface area (Å²) in [6, 6.07) is 0.208. The molecule has 0 bridgehead atoms. The molecule has 1 fully saturated rings. The van der Waals surface area contributed by atoms with Crippen LogP contribution in [0, 0.1) is 5.92 Å². The lowest BCUT2D eigenvalue weighted by molar-refractivity contribution is -0.123. The van der Waals surface area contributed by atoms with Crippen molar-refractivity contribution in [1.82, 2.24) is 20.4 Å². The monoisotopic (exact) mass is 495 g/mol. The predicted molar refractivity (Wildman–Crippen MR) is 116 cm³/mol. The quantitative estimate of drug-likeness (QED) is 0.448. The number of nitrogens with zero attached hydrogens (tertiary/aromatic N) is 3. The van der Waals surface area contributed by atoms with Crippen LogP contribution in [0.25, 0.3) is 0 Å². The molecule has 1 saturated heterocycles. The third kappa shape index (κ3) is 7.34. The molecule has 2 rings (SSSR count). The zero-order valence-corrected chi connectivity index (χ0v) is 19.4. The van der Waals surface area contributed by atoms with Gasteiger partial charge in [-0.3, -0.25) is 9.79 Å². The predicted octanol–water partition coefficient (Wildman–Crippen LogP) is 1.65. The van der Waals surface area contributed by atoms with E-state index in [-0.39, 0.29) is 47.9 Å². The summed E-state index contributed by atoms with van der Waals surface area (Å²) < 4.78 is 5.46. The van der Waals surface area contributed by atoms with Crippen LogP contribution in [-0.2, 0) is 9.53 Å². The molecule has 2 heterocycles. The number of aliphatic imine (C=N–C) groups is 1. The van der Waals surface area contributed by atoms with E-state index in [1.165, 1.54) is 0 Å². The Balaban J connectivity index is 0.00000364. The highest BCUT2D eigenvalue weighted by Gasteiger charge is 2.36. The fourth-order valence-electron chi connectivity index (χ4n) is 2.93. The number of fused-ring (bicyclic) bond motifs is 1. The van der Waals surface area contributed by atoms with E-state index in [9.17, 15) is 9.59 Å². The first-order chi connectivity index (χ1) is 12.2. The van der Waals surface area contributed by atoms with Crippen LogP contribution in [0.3, 0.4) is 0 Å². The number of carbonyl (C=O) groups is 2. The summed E-state index contributed by atoms with van der Waals surface area (Å²) in [6.45, 7) is 13.5. The van der Waals surface area contributed by atoms with E-state index in [1.54, 1.807) is 4.90 Å². The molecule has 0 aromatic rings. The molecule has 0 aromatic carbocycles. The van der Waals surface area contributed by atoms with E-state index in [4.69, 9.17) is 4.74 Å². The largest absolute Gasteiger partial charge is 0.444 e. The number of rotatable bonds is 5. The van der Waals surface area contributed by atoms with Gasteiger partial charge in [0, 0.05) is 38.6 Å². The minimum atomic E-state index is -0.474. The molecule has 156 valence electrons. The number of hydrogen-bond donors (Lipinski definition) is 2. The maximum atomic E-state index is 12.2. The molecule has 9 heteroatoms. The molecule has 0 aliphatic carbocycles. The van der Waals surface area contributed by atoms with Crippen LogP contribution in [0.15, 0.2) is 4.99 Å². The third-order valence-corrected chi connectivity index (χ3v) is 4.32. The minimum absolute atomic E-state index is 0. The van der Waals surface area contributed by atoms with Crippen LogP contribution < -0.4 is 10.6 Å². The zero-order chi connectivity index (χ0) is 19.3. The lowest BCUT2D eigenvalue weighted by atomic mass is 10.2. The van der Waals surface area contributed by atoms with Gasteiger partial charge in [-0.05, 0) is 27.2 Å². The number of amides is 2. The van der Waals surface area contributed by atoms with Crippen molar-refractivity contribution >= 4 is 41.9 Å². The Bertz CT molecular complexity index is 548. The fourth-order valence-corrected chi connectivity index (χ4v) is 2.93. The van der Waals surface area contributed by atoms with E-state index in [0.29, 0.717) is 26.2 Å². The van der Waals surface area contributed by atoms with Crippen molar-refractivity contribution in [3.8, 4) is 0 Å². The van der Waals surface area contributed by atoms with Crippen molar-refractivity contribution < 1.29 is 14.3 Å². The molecule has 1 unspecified atom stereocenters. The Morgan fingerprint density at radius 2 is 1.96 bits per heavy atom. The second-order valence-corrected chi connectivity index (χ2v) is 8.16. The van der Waals surface area contributed by atoms with Gasteiger partial charge in [-0.25, -0.2) is 4.79 Å². The number of piperazine rings is 1. The highest BCUT2D eigenvalue weighted by molar-refractivity contribution is 14.0. The van der Waals surface area contributed by atoms with E-state index < -0.39 is 5.60 Å². The van der Waals surface area contributed by atoms with Crippen molar-refractivity contribution in [1.29, 1.82) is 0 Å². The van der Waals surface area contributed by atoms with E-state index in [1.807, 2.05) is 34.6 Å². The second kappa shape index (κ2) is 10.3. The van der Waals surface area contributed by atoms with Crippen LogP contribution in [-0.4, -0.2) is 78.7 Å². The molecule has 2 aliphatic rings. The van der Waals surface area contributed by atoms with Gasteiger partial charge in [-0.15, -0.1) is 24.0 Å². The van der Waals surface area contributed by atoms with Crippen molar-refractivity contribution in [3.05, 3.63) is 0 Å². The van der Waals surface area contributed by atoms with Gasteiger partial charge in [0.05, 0.1) is 12.6 Å². The average molecular weight is 495 g/mol. The van der Waals surface area contributed by atoms with Crippen molar-refractivity contribution in [2.45, 2.75) is 52.7 Å². The van der Waals surface area contributed by atoms with Gasteiger partial charge in [-0.2, -0.15) is 0 Å². The average Bonchev–Trinajstić information content (AvgIpc) is 2.95. The summed E-state index contributed by atoms with van der Waals surface area (Å²) in [7, 11) is 0. The van der Waals surface area contributed by atoms with E-state index in [2.05, 4.69) is 20.5 Å². The van der Waals surface area contributed by atoms with Crippen molar-refractivity contribution in [2.24, 2.45) is 10.9 Å². The molecular formula is C18H34IN5O3. The Morgan fingerprint density at radius 3 is 2.59 bits per heavy atom. The smallest absolute Gasteiger partial charge is 0.410 e. The Hall–Kier alpha value is -1.26. The fraction of sp³-hybridized carbons (Fsp3) is 0.833. The standard InChI is InChI=1S/C18H33N5O3.HI/c1-13(2)15(24)19-7-6-8-20-16-21-11-14-12-22(9-10-23(14)16)17(25)26-18(3,4)5;/h13-14H,6-12H2,1-5H3,(H,19,24)(H,20,21);1H. The topological polar surface area (TPSA) is 86.3 Å². The van der Waals surface area contributed by atoms with Gasteiger partial charge in [-0.1, -0.05) is 13.8 Å².